The molecule has 156 valence electrons. The lowest BCUT2D eigenvalue weighted by Gasteiger charge is -2.28. The highest BCUT2D eigenvalue weighted by Gasteiger charge is 2.35. The van der Waals surface area contributed by atoms with Crippen LogP contribution in [0.25, 0.3) is 0 Å². The van der Waals surface area contributed by atoms with Gasteiger partial charge >= 0.3 is 12.2 Å². The Hall–Kier alpha value is -2.68. The maximum Gasteiger partial charge on any atom is 0.419 e. The molecular weight excluding hydrogens is 388 g/mol. The van der Waals surface area contributed by atoms with E-state index in [0.29, 0.717) is 25.2 Å². The molecule has 29 heavy (non-hydrogen) atoms. The number of hydrogen-bond acceptors (Lipinski definition) is 3. The molecule has 3 rings (SSSR count). The third-order valence-electron chi connectivity index (χ3n) is 4.94. The Morgan fingerprint density at radius 1 is 1.34 bits per heavy atom. The quantitative estimate of drug-likeness (QED) is 0.745. The highest BCUT2D eigenvalue weighted by atomic mass is 19.4. The standard InChI is InChI=1S/C20H22F4N4O/c1-2-28(16-7-9-27(13-16)12-14-4-3-8-25-11-14)19(29)26-15-5-6-18(21)17(10-15)20(22,23)24/h3-6,8,10-11,16H,2,7,9,12-13H2,1H3,(H,26,29). The van der Waals surface area contributed by atoms with E-state index in [-0.39, 0.29) is 11.7 Å². The van der Waals surface area contributed by atoms with Crippen molar-refractivity contribution in [2.75, 3.05) is 25.0 Å². The SMILES string of the molecule is CCN(C(=O)Nc1ccc(F)c(C(F)(F)F)c1)C1CCN(Cc2cccnc2)C1. The van der Waals surface area contributed by atoms with Gasteiger partial charge in [-0.05, 0) is 43.2 Å². The summed E-state index contributed by atoms with van der Waals surface area (Å²) in [6.07, 6.45) is -0.560. The van der Waals surface area contributed by atoms with Crippen LogP contribution in [-0.4, -0.2) is 46.5 Å². The molecule has 2 heterocycles. The fourth-order valence-corrected chi connectivity index (χ4v) is 3.54. The largest absolute Gasteiger partial charge is 0.419 e. The summed E-state index contributed by atoms with van der Waals surface area (Å²) in [6.45, 7) is 4.40. The number of likely N-dealkylation sites (tertiary alicyclic amines) is 1. The maximum atomic E-state index is 13.4. The minimum absolute atomic E-state index is 0.0563. The monoisotopic (exact) mass is 410 g/mol. The number of pyridine rings is 1. The van der Waals surface area contributed by atoms with Crippen molar-refractivity contribution in [3.05, 3.63) is 59.7 Å². The van der Waals surface area contributed by atoms with Gasteiger partial charge in [-0.25, -0.2) is 9.18 Å². The molecule has 1 aliphatic rings. The molecule has 2 amide bonds. The van der Waals surface area contributed by atoms with E-state index in [4.69, 9.17) is 0 Å². The molecule has 1 atom stereocenters. The number of nitrogens with one attached hydrogen (secondary N) is 1. The molecule has 9 heteroatoms. The van der Waals surface area contributed by atoms with Gasteiger partial charge in [0.25, 0.3) is 0 Å². The van der Waals surface area contributed by atoms with E-state index in [1.165, 1.54) is 0 Å². The van der Waals surface area contributed by atoms with E-state index in [1.807, 2.05) is 19.1 Å². The van der Waals surface area contributed by atoms with Gasteiger partial charge in [-0.15, -0.1) is 0 Å². The summed E-state index contributed by atoms with van der Waals surface area (Å²) in [5, 5.41) is 2.47. The number of hydrogen-bond donors (Lipinski definition) is 1. The van der Waals surface area contributed by atoms with Crippen LogP contribution in [0.5, 0.6) is 0 Å². The number of amides is 2. The van der Waals surface area contributed by atoms with Crippen LogP contribution in [-0.2, 0) is 12.7 Å². The number of halogens is 4. The lowest BCUT2D eigenvalue weighted by Crippen LogP contribution is -2.44. The van der Waals surface area contributed by atoms with Crippen molar-refractivity contribution in [1.29, 1.82) is 0 Å². The van der Waals surface area contributed by atoms with Gasteiger partial charge in [-0.1, -0.05) is 6.07 Å². The van der Waals surface area contributed by atoms with E-state index in [0.717, 1.165) is 31.1 Å². The summed E-state index contributed by atoms with van der Waals surface area (Å²) in [4.78, 5) is 20.6. The van der Waals surface area contributed by atoms with Gasteiger partial charge < -0.3 is 10.2 Å². The number of aromatic nitrogens is 1. The Kier molecular flexibility index (Phi) is 6.36. The maximum absolute atomic E-state index is 13.4. The molecule has 0 saturated carbocycles. The third-order valence-corrected chi connectivity index (χ3v) is 4.94. The number of urea groups is 1. The molecule has 1 N–H and O–H groups in total. The predicted octanol–water partition coefficient (Wildman–Crippen LogP) is 4.37. The minimum atomic E-state index is -4.83. The zero-order valence-corrected chi connectivity index (χ0v) is 15.9. The molecule has 2 aromatic rings. The molecule has 1 aromatic carbocycles. The second-order valence-corrected chi connectivity index (χ2v) is 6.95. The lowest BCUT2D eigenvalue weighted by molar-refractivity contribution is -0.139. The number of nitrogens with zero attached hydrogens (tertiary/aromatic N) is 3. The number of benzene rings is 1. The van der Waals surface area contributed by atoms with Crippen LogP contribution in [0.3, 0.4) is 0 Å². The fourth-order valence-electron chi connectivity index (χ4n) is 3.54. The normalized spacial score (nSPS) is 17.3. The number of carbonyl (C=O) groups excluding carboxylic acids is 1. The van der Waals surface area contributed by atoms with Crippen LogP contribution in [0.1, 0.15) is 24.5 Å². The Labute approximate surface area is 166 Å². The van der Waals surface area contributed by atoms with Gasteiger partial charge in [0.05, 0.1) is 5.56 Å². The summed E-state index contributed by atoms with van der Waals surface area (Å²) in [6, 6.07) is 5.74. The molecule has 1 unspecified atom stereocenters. The molecule has 1 aromatic heterocycles. The van der Waals surface area contributed by atoms with Crippen molar-refractivity contribution >= 4 is 11.7 Å². The first-order valence-electron chi connectivity index (χ1n) is 9.33. The van der Waals surface area contributed by atoms with Gasteiger partial charge in [0.15, 0.2) is 0 Å². The van der Waals surface area contributed by atoms with Crippen LogP contribution < -0.4 is 5.32 Å². The molecular formula is C20H22F4N4O. The van der Waals surface area contributed by atoms with Gasteiger partial charge in [0.2, 0.25) is 0 Å². The average molecular weight is 410 g/mol. The molecule has 0 aliphatic carbocycles. The first-order chi connectivity index (χ1) is 13.8. The number of alkyl halides is 3. The minimum Gasteiger partial charge on any atom is -0.320 e. The molecule has 0 spiro atoms. The molecule has 1 fully saturated rings. The van der Waals surface area contributed by atoms with Crippen molar-refractivity contribution < 1.29 is 22.4 Å². The van der Waals surface area contributed by atoms with Gasteiger partial charge in [0, 0.05) is 50.3 Å². The predicted molar refractivity (Wildman–Crippen MR) is 101 cm³/mol. The van der Waals surface area contributed by atoms with Crippen LogP contribution in [0.2, 0.25) is 0 Å². The topological polar surface area (TPSA) is 48.5 Å². The zero-order valence-electron chi connectivity index (χ0n) is 15.9. The van der Waals surface area contributed by atoms with Gasteiger partial charge in [-0.2, -0.15) is 13.2 Å². The van der Waals surface area contributed by atoms with Crippen LogP contribution in [0.4, 0.5) is 28.0 Å². The zero-order chi connectivity index (χ0) is 21.0. The van der Waals surface area contributed by atoms with E-state index in [2.05, 4.69) is 15.2 Å². The molecule has 0 radical (unpaired) electrons. The van der Waals surface area contributed by atoms with Crippen molar-refractivity contribution in [1.82, 2.24) is 14.8 Å². The summed E-state index contributed by atoms with van der Waals surface area (Å²) >= 11 is 0. The van der Waals surface area contributed by atoms with Crippen molar-refractivity contribution in [3.63, 3.8) is 0 Å². The van der Waals surface area contributed by atoms with Gasteiger partial charge in [0.1, 0.15) is 5.82 Å². The van der Waals surface area contributed by atoms with Gasteiger partial charge in [-0.3, -0.25) is 9.88 Å². The molecule has 1 saturated heterocycles. The summed E-state index contributed by atoms with van der Waals surface area (Å²) < 4.78 is 52.1. The molecule has 5 nitrogen and oxygen atoms in total. The van der Waals surface area contributed by atoms with Crippen LogP contribution in [0.15, 0.2) is 42.7 Å². The number of likely N-dealkylation sites (N-methyl/N-ethyl adjacent to an activating group) is 1. The summed E-state index contributed by atoms with van der Waals surface area (Å²) in [5.74, 6) is -1.37. The molecule has 0 bridgehead atoms. The first-order valence-corrected chi connectivity index (χ1v) is 9.33. The van der Waals surface area contributed by atoms with E-state index >= 15 is 0 Å². The highest BCUT2D eigenvalue weighted by Crippen LogP contribution is 2.33. The number of rotatable bonds is 5. The Morgan fingerprint density at radius 2 is 2.14 bits per heavy atom. The Balaban J connectivity index is 1.64. The number of carbonyl (C=O) groups is 1. The fraction of sp³-hybridized carbons (Fsp3) is 0.400. The molecule has 1 aliphatic heterocycles. The van der Waals surface area contributed by atoms with Crippen molar-refractivity contribution in [3.8, 4) is 0 Å². The Morgan fingerprint density at radius 3 is 2.79 bits per heavy atom. The second kappa shape index (κ2) is 8.77. The van der Waals surface area contributed by atoms with E-state index in [1.54, 1.807) is 17.3 Å². The first kappa shape index (κ1) is 21.0. The Bertz CT molecular complexity index is 844. The van der Waals surface area contributed by atoms with Crippen molar-refractivity contribution in [2.45, 2.75) is 32.1 Å². The number of anilines is 1. The van der Waals surface area contributed by atoms with E-state index in [9.17, 15) is 22.4 Å². The second-order valence-electron chi connectivity index (χ2n) is 6.95. The van der Waals surface area contributed by atoms with E-state index < -0.39 is 23.6 Å². The lowest BCUT2D eigenvalue weighted by atomic mass is 10.2. The van der Waals surface area contributed by atoms with Crippen LogP contribution >= 0.6 is 0 Å². The third kappa shape index (κ3) is 5.23. The van der Waals surface area contributed by atoms with Crippen LogP contribution in [0, 0.1) is 5.82 Å². The summed E-state index contributed by atoms with van der Waals surface area (Å²) in [5.41, 5.74) is -0.416. The highest BCUT2D eigenvalue weighted by molar-refractivity contribution is 5.89. The summed E-state index contributed by atoms with van der Waals surface area (Å²) in [7, 11) is 0. The average Bonchev–Trinajstić information content (AvgIpc) is 3.12. The smallest absolute Gasteiger partial charge is 0.320 e. The van der Waals surface area contributed by atoms with Crippen molar-refractivity contribution in [2.24, 2.45) is 0 Å².